The normalized spacial score (nSPS) is 10.8. The third-order valence-electron chi connectivity index (χ3n) is 5.04. The average Bonchev–Trinajstić information content (AvgIpc) is 3.10. The van der Waals surface area contributed by atoms with E-state index in [2.05, 4.69) is 5.32 Å². The van der Waals surface area contributed by atoms with Gasteiger partial charge in [0, 0.05) is 29.1 Å². The molecule has 0 atom stereocenters. The van der Waals surface area contributed by atoms with Gasteiger partial charge in [0.2, 0.25) is 5.91 Å². The lowest BCUT2D eigenvalue weighted by Crippen LogP contribution is -2.15. The van der Waals surface area contributed by atoms with Gasteiger partial charge in [-0.25, -0.2) is 4.98 Å². The lowest BCUT2D eigenvalue weighted by molar-refractivity contribution is -0.385. The van der Waals surface area contributed by atoms with Crippen LogP contribution in [0.3, 0.4) is 0 Å². The van der Waals surface area contributed by atoms with Gasteiger partial charge in [0.1, 0.15) is 11.4 Å². The number of anilines is 1. The maximum absolute atomic E-state index is 12.5. The minimum atomic E-state index is -0.482. The summed E-state index contributed by atoms with van der Waals surface area (Å²) in [7, 11) is 1.62. The van der Waals surface area contributed by atoms with Crippen molar-refractivity contribution in [3.05, 3.63) is 88.2 Å². The van der Waals surface area contributed by atoms with Crippen LogP contribution in [-0.4, -0.2) is 27.3 Å². The molecule has 0 fully saturated rings. The van der Waals surface area contributed by atoms with E-state index < -0.39 is 4.92 Å². The SMILES string of the molecule is COc1ccc(-c2nc3ccc(NC(=O)Cc4ccccc4[N+](=O)[O-])cn3c2C)cc1. The van der Waals surface area contributed by atoms with Crippen LogP contribution in [-0.2, 0) is 11.2 Å². The number of hydrogen-bond donors (Lipinski definition) is 1. The van der Waals surface area contributed by atoms with Crippen LogP contribution in [0.1, 0.15) is 11.3 Å². The van der Waals surface area contributed by atoms with E-state index in [1.54, 1.807) is 37.6 Å². The highest BCUT2D eigenvalue weighted by Gasteiger charge is 2.16. The van der Waals surface area contributed by atoms with Crippen molar-refractivity contribution < 1.29 is 14.5 Å². The highest BCUT2D eigenvalue weighted by atomic mass is 16.6. The van der Waals surface area contributed by atoms with Gasteiger partial charge >= 0.3 is 0 Å². The number of aromatic nitrogens is 2. The monoisotopic (exact) mass is 416 g/mol. The van der Waals surface area contributed by atoms with Gasteiger partial charge in [0.15, 0.2) is 0 Å². The van der Waals surface area contributed by atoms with Crippen molar-refractivity contribution in [2.75, 3.05) is 12.4 Å². The van der Waals surface area contributed by atoms with Crippen LogP contribution >= 0.6 is 0 Å². The Morgan fingerprint density at radius 3 is 2.58 bits per heavy atom. The molecule has 156 valence electrons. The molecular formula is C23H20N4O4. The zero-order valence-electron chi connectivity index (χ0n) is 17.0. The number of nitrogens with zero attached hydrogens (tertiary/aromatic N) is 3. The number of carbonyl (C=O) groups is 1. The largest absolute Gasteiger partial charge is 0.497 e. The molecule has 0 bridgehead atoms. The number of amides is 1. The zero-order chi connectivity index (χ0) is 22.0. The van der Waals surface area contributed by atoms with Gasteiger partial charge in [-0.1, -0.05) is 18.2 Å². The summed E-state index contributed by atoms with van der Waals surface area (Å²) in [6.07, 6.45) is 1.71. The van der Waals surface area contributed by atoms with E-state index in [1.165, 1.54) is 6.07 Å². The Balaban J connectivity index is 1.57. The number of rotatable bonds is 6. The molecule has 4 rings (SSSR count). The predicted octanol–water partition coefficient (Wildman–Crippen LogP) is 4.41. The molecule has 8 nitrogen and oxygen atoms in total. The first kappa shape index (κ1) is 20.1. The summed E-state index contributed by atoms with van der Waals surface area (Å²) in [5.41, 5.74) is 4.36. The second kappa shape index (κ2) is 8.27. The van der Waals surface area contributed by atoms with Crippen LogP contribution in [0.15, 0.2) is 66.9 Å². The number of ether oxygens (including phenoxy) is 1. The van der Waals surface area contributed by atoms with Gasteiger partial charge in [-0.05, 0) is 43.3 Å². The van der Waals surface area contributed by atoms with Crippen molar-refractivity contribution in [1.29, 1.82) is 0 Å². The van der Waals surface area contributed by atoms with Crippen LogP contribution in [0.25, 0.3) is 16.9 Å². The van der Waals surface area contributed by atoms with Crippen molar-refractivity contribution in [2.24, 2.45) is 0 Å². The topological polar surface area (TPSA) is 98.8 Å². The quantitative estimate of drug-likeness (QED) is 0.371. The van der Waals surface area contributed by atoms with Crippen LogP contribution in [0.2, 0.25) is 0 Å². The van der Waals surface area contributed by atoms with E-state index in [9.17, 15) is 14.9 Å². The third-order valence-corrected chi connectivity index (χ3v) is 5.04. The van der Waals surface area contributed by atoms with Gasteiger partial charge in [0.05, 0.1) is 29.8 Å². The molecular weight excluding hydrogens is 396 g/mol. The second-order valence-corrected chi connectivity index (χ2v) is 7.03. The van der Waals surface area contributed by atoms with Crippen LogP contribution in [0, 0.1) is 17.0 Å². The van der Waals surface area contributed by atoms with Crippen LogP contribution in [0.5, 0.6) is 5.75 Å². The first-order chi connectivity index (χ1) is 15.0. The van der Waals surface area contributed by atoms with E-state index in [1.807, 2.05) is 41.7 Å². The molecule has 2 heterocycles. The van der Waals surface area contributed by atoms with Crippen molar-refractivity contribution in [3.8, 4) is 17.0 Å². The van der Waals surface area contributed by atoms with Gasteiger partial charge in [-0.2, -0.15) is 0 Å². The molecule has 0 saturated heterocycles. The fraction of sp³-hybridized carbons (Fsp3) is 0.130. The number of benzene rings is 2. The number of imidazole rings is 1. The minimum absolute atomic E-state index is 0.0670. The molecule has 1 amide bonds. The van der Waals surface area contributed by atoms with E-state index >= 15 is 0 Å². The second-order valence-electron chi connectivity index (χ2n) is 7.03. The molecule has 1 N–H and O–H groups in total. The summed E-state index contributed by atoms with van der Waals surface area (Å²) < 4.78 is 7.11. The number of aryl methyl sites for hydroxylation is 1. The molecule has 8 heteroatoms. The Hall–Kier alpha value is -4.20. The molecule has 0 saturated carbocycles. The van der Waals surface area contributed by atoms with Gasteiger partial charge in [-0.3, -0.25) is 14.9 Å². The number of para-hydroxylation sites is 1. The molecule has 0 radical (unpaired) electrons. The Morgan fingerprint density at radius 1 is 1.13 bits per heavy atom. The summed E-state index contributed by atoms with van der Waals surface area (Å²) in [6, 6.07) is 17.5. The number of nitro groups is 1. The summed E-state index contributed by atoms with van der Waals surface area (Å²) in [5.74, 6) is 0.440. The standard InChI is InChI=1S/C23H20N4O4/c1-15-23(16-7-10-19(31-2)11-8-16)25-21-12-9-18(14-26(15)21)24-22(28)13-17-5-3-4-6-20(17)27(29)30/h3-12,14H,13H2,1-2H3,(H,24,28). The van der Waals surface area contributed by atoms with Crippen molar-refractivity contribution in [3.63, 3.8) is 0 Å². The Bertz CT molecular complexity index is 1280. The summed E-state index contributed by atoms with van der Waals surface area (Å²) in [4.78, 5) is 27.9. The zero-order valence-corrected chi connectivity index (χ0v) is 17.0. The molecule has 0 aliphatic carbocycles. The summed E-state index contributed by atoms with van der Waals surface area (Å²) in [5, 5.41) is 14.0. The van der Waals surface area contributed by atoms with E-state index in [0.29, 0.717) is 11.3 Å². The third kappa shape index (κ3) is 4.09. The highest BCUT2D eigenvalue weighted by molar-refractivity contribution is 5.92. The molecule has 0 aliphatic heterocycles. The van der Waals surface area contributed by atoms with Crippen LogP contribution in [0.4, 0.5) is 11.4 Å². The first-order valence-electron chi connectivity index (χ1n) is 9.61. The number of nitrogens with one attached hydrogen (secondary N) is 1. The Morgan fingerprint density at radius 2 is 1.87 bits per heavy atom. The number of hydrogen-bond acceptors (Lipinski definition) is 5. The average molecular weight is 416 g/mol. The van der Waals surface area contributed by atoms with Crippen molar-refractivity contribution >= 4 is 22.9 Å². The Labute approximate surface area is 178 Å². The Kier molecular flexibility index (Phi) is 5.36. The lowest BCUT2D eigenvalue weighted by Gasteiger charge is -2.07. The fourth-order valence-corrected chi connectivity index (χ4v) is 3.48. The molecule has 31 heavy (non-hydrogen) atoms. The molecule has 0 spiro atoms. The number of fused-ring (bicyclic) bond motifs is 1. The molecule has 0 aliphatic rings. The highest BCUT2D eigenvalue weighted by Crippen LogP contribution is 2.27. The van der Waals surface area contributed by atoms with Crippen LogP contribution < -0.4 is 10.1 Å². The number of methoxy groups -OCH3 is 1. The minimum Gasteiger partial charge on any atom is -0.497 e. The van der Waals surface area contributed by atoms with E-state index in [4.69, 9.17) is 9.72 Å². The summed E-state index contributed by atoms with van der Waals surface area (Å²) in [6.45, 7) is 1.96. The molecule has 4 aromatic rings. The smallest absolute Gasteiger partial charge is 0.273 e. The van der Waals surface area contributed by atoms with E-state index in [-0.39, 0.29) is 18.0 Å². The van der Waals surface area contributed by atoms with Gasteiger partial charge in [0.25, 0.3) is 5.69 Å². The lowest BCUT2D eigenvalue weighted by atomic mass is 10.1. The maximum atomic E-state index is 12.5. The predicted molar refractivity (Wildman–Crippen MR) is 117 cm³/mol. The fourth-order valence-electron chi connectivity index (χ4n) is 3.48. The first-order valence-corrected chi connectivity index (χ1v) is 9.61. The molecule has 0 unspecified atom stereocenters. The van der Waals surface area contributed by atoms with E-state index in [0.717, 1.165) is 28.3 Å². The van der Waals surface area contributed by atoms with Gasteiger partial charge < -0.3 is 14.5 Å². The summed E-state index contributed by atoms with van der Waals surface area (Å²) >= 11 is 0. The molecule has 2 aromatic carbocycles. The number of nitro benzene ring substituents is 1. The number of pyridine rings is 1. The molecule has 2 aromatic heterocycles. The van der Waals surface area contributed by atoms with Crippen molar-refractivity contribution in [1.82, 2.24) is 9.38 Å². The van der Waals surface area contributed by atoms with Gasteiger partial charge in [-0.15, -0.1) is 0 Å². The maximum Gasteiger partial charge on any atom is 0.273 e. The van der Waals surface area contributed by atoms with Crippen molar-refractivity contribution in [2.45, 2.75) is 13.3 Å². The number of carbonyl (C=O) groups excluding carboxylic acids is 1.